The van der Waals surface area contributed by atoms with Crippen LogP contribution in [-0.4, -0.2) is 24.6 Å². The summed E-state index contributed by atoms with van der Waals surface area (Å²) in [5.41, 5.74) is 6.67. The number of methoxy groups -OCH3 is 1. The highest BCUT2D eigenvalue weighted by molar-refractivity contribution is 5.87. The first kappa shape index (κ1) is 12.2. The third kappa shape index (κ3) is 2.51. The molecule has 0 saturated carbocycles. The number of carbonyl (C=O) groups excluding carboxylic acids is 1. The van der Waals surface area contributed by atoms with Gasteiger partial charge in [0.05, 0.1) is 12.6 Å². The van der Waals surface area contributed by atoms with Crippen molar-refractivity contribution >= 4 is 16.8 Å². The molecular weight excluding hydrogens is 232 g/mol. The monoisotopic (exact) mass is 246 g/mol. The lowest BCUT2D eigenvalue weighted by Crippen LogP contribution is -2.20. The minimum Gasteiger partial charge on any atom is -0.497 e. The number of benzene rings is 1. The molecular formula is C13H14N2O3. The van der Waals surface area contributed by atoms with Crippen molar-refractivity contribution in [2.45, 2.75) is 6.92 Å². The van der Waals surface area contributed by atoms with E-state index in [0.717, 1.165) is 16.6 Å². The lowest BCUT2D eigenvalue weighted by Gasteiger charge is -2.10. The number of fused-ring (bicyclic) bond motifs is 1. The molecule has 94 valence electrons. The van der Waals surface area contributed by atoms with Crippen molar-refractivity contribution in [3.05, 3.63) is 30.0 Å². The van der Waals surface area contributed by atoms with Gasteiger partial charge in [0.25, 0.3) is 5.91 Å². The van der Waals surface area contributed by atoms with Gasteiger partial charge in [0, 0.05) is 17.1 Å². The fraction of sp³-hybridized carbons (Fsp3) is 0.231. The van der Waals surface area contributed by atoms with Crippen molar-refractivity contribution in [2.24, 2.45) is 5.73 Å². The van der Waals surface area contributed by atoms with Crippen molar-refractivity contribution in [2.75, 3.05) is 13.7 Å². The fourth-order valence-corrected chi connectivity index (χ4v) is 1.70. The Balaban J connectivity index is 2.50. The Labute approximate surface area is 105 Å². The third-order valence-corrected chi connectivity index (χ3v) is 2.48. The number of nitrogens with two attached hydrogens (primary N) is 1. The van der Waals surface area contributed by atoms with Gasteiger partial charge in [0.15, 0.2) is 6.61 Å². The average molecular weight is 246 g/mol. The van der Waals surface area contributed by atoms with E-state index in [9.17, 15) is 4.79 Å². The summed E-state index contributed by atoms with van der Waals surface area (Å²) in [6.45, 7) is 1.70. The summed E-state index contributed by atoms with van der Waals surface area (Å²) in [7, 11) is 1.59. The highest BCUT2D eigenvalue weighted by Crippen LogP contribution is 2.28. The van der Waals surface area contributed by atoms with E-state index < -0.39 is 5.91 Å². The number of hydrogen-bond acceptors (Lipinski definition) is 4. The molecule has 2 aromatic rings. The maximum absolute atomic E-state index is 10.8. The highest BCUT2D eigenvalue weighted by atomic mass is 16.5. The summed E-state index contributed by atoms with van der Waals surface area (Å²) in [5.74, 6) is 0.771. The van der Waals surface area contributed by atoms with Crippen LogP contribution in [0.5, 0.6) is 11.5 Å². The van der Waals surface area contributed by atoms with Gasteiger partial charge in [-0.2, -0.15) is 0 Å². The average Bonchev–Trinajstić information content (AvgIpc) is 2.35. The Morgan fingerprint density at radius 1 is 1.39 bits per heavy atom. The van der Waals surface area contributed by atoms with Crippen LogP contribution in [0.4, 0.5) is 0 Å². The van der Waals surface area contributed by atoms with E-state index >= 15 is 0 Å². The zero-order chi connectivity index (χ0) is 13.1. The van der Waals surface area contributed by atoms with Crippen LogP contribution in [-0.2, 0) is 4.79 Å². The molecule has 0 unspecified atom stereocenters. The molecule has 2 rings (SSSR count). The molecule has 18 heavy (non-hydrogen) atoms. The lowest BCUT2D eigenvalue weighted by atomic mass is 10.1. The Hall–Kier alpha value is -2.30. The smallest absolute Gasteiger partial charge is 0.255 e. The van der Waals surface area contributed by atoms with Crippen molar-refractivity contribution in [1.82, 2.24) is 4.98 Å². The molecule has 0 radical (unpaired) electrons. The Morgan fingerprint density at radius 2 is 2.17 bits per heavy atom. The normalized spacial score (nSPS) is 10.3. The molecule has 0 aliphatic rings. The molecule has 5 nitrogen and oxygen atoms in total. The van der Waals surface area contributed by atoms with Crippen LogP contribution < -0.4 is 15.2 Å². The van der Waals surface area contributed by atoms with Crippen LogP contribution in [0.2, 0.25) is 0 Å². The number of hydrogen-bond donors (Lipinski definition) is 1. The summed E-state index contributed by atoms with van der Waals surface area (Å²) >= 11 is 0. The molecule has 0 atom stereocenters. The van der Waals surface area contributed by atoms with Crippen LogP contribution in [0.15, 0.2) is 24.3 Å². The molecule has 1 aromatic carbocycles. The topological polar surface area (TPSA) is 74.4 Å². The van der Waals surface area contributed by atoms with E-state index in [1.165, 1.54) is 0 Å². The summed E-state index contributed by atoms with van der Waals surface area (Å²) in [5, 5.41) is 0.793. The Kier molecular flexibility index (Phi) is 3.32. The Bertz CT molecular complexity index is 596. The lowest BCUT2D eigenvalue weighted by molar-refractivity contribution is -0.119. The minimum absolute atomic E-state index is 0.157. The van der Waals surface area contributed by atoms with Gasteiger partial charge < -0.3 is 15.2 Å². The third-order valence-electron chi connectivity index (χ3n) is 2.48. The molecule has 0 fully saturated rings. The van der Waals surface area contributed by atoms with Crippen molar-refractivity contribution in [1.29, 1.82) is 0 Å². The predicted octanol–water partition coefficient (Wildman–Crippen LogP) is 1.42. The molecule has 2 N–H and O–H groups in total. The summed E-state index contributed by atoms with van der Waals surface area (Å²) in [6, 6.07) is 7.26. The first-order valence-electron chi connectivity index (χ1n) is 5.46. The second-order valence-corrected chi connectivity index (χ2v) is 3.90. The predicted molar refractivity (Wildman–Crippen MR) is 67.7 cm³/mol. The van der Waals surface area contributed by atoms with E-state index in [4.69, 9.17) is 15.2 Å². The van der Waals surface area contributed by atoms with Gasteiger partial charge in [0.2, 0.25) is 0 Å². The highest BCUT2D eigenvalue weighted by Gasteiger charge is 2.07. The fourth-order valence-electron chi connectivity index (χ4n) is 1.70. The van der Waals surface area contributed by atoms with E-state index in [0.29, 0.717) is 11.5 Å². The van der Waals surface area contributed by atoms with Crippen molar-refractivity contribution in [3.8, 4) is 11.5 Å². The Morgan fingerprint density at radius 3 is 2.83 bits per heavy atom. The van der Waals surface area contributed by atoms with Gasteiger partial charge in [-0.1, -0.05) is 0 Å². The van der Waals surface area contributed by atoms with Crippen LogP contribution >= 0.6 is 0 Å². The second kappa shape index (κ2) is 4.91. The largest absolute Gasteiger partial charge is 0.497 e. The number of nitrogens with zero attached hydrogens (tertiary/aromatic N) is 1. The van der Waals surface area contributed by atoms with E-state index in [1.807, 2.05) is 25.1 Å². The van der Waals surface area contributed by atoms with E-state index in [-0.39, 0.29) is 6.61 Å². The van der Waals surface area contributed by atoms with Crippen molar-refractivity contribution < 1.29 is 14.3 Å². The SMILES string of the molecule is COc1ccc2nc(C)cc(OCC(N)=O)c2c1. The quantitative estimate of drug-likeness (QED) is 0.885. The van der Waals surface area contributed by atoms with Crippen molar-refractivity contribution in [3.63, 3.8) is 0 Å². The second-order valence-electron chi connectivity index (χ2n) is 3.90. The van der Waals surface area contributed by atoms with Gasteiger partial charge in [-0.3, -0.25) is 9.78 Å². The number of primary amides is 1. The summed E-state index contributed by atoms with van der Waals surface area (Å²) in [4.78, 5) is 15.2. The molecule has 0 spiro atoms. The molecule has 0 bridgehead atoms. The first-order valence-corrected chi connectivity index (χ1v) is 5.46. The standard InChI is InChI=1S/C13H14N2O3/c1-8-5-12(18-7-13(14)16)10-6-9(17-2)3-4-11(10)15-8/h3-6H,7H2,1-2H3,(H2,14,16). The minimum atomic E-state index is -0.513. The molecule has 1 amide bonds. The molecule has 1 heterocycles. The number of amides is 1. The van der Waals surface area contributed by atoms with Gasteiger partial charge >= 0.3 is 0 Å². The molecule has 0 aliphatic carbocycles. The molecule has 5 heteroatoms. The van der Waals surface area contributed by atoms with Crippen LogP contribution in [0.3, 0.4) is 0 Å². The van der Waals surface area contributed by atoms with E-state index in [2.05, 4.69) is 4.98 Å². The number of aromatic nitrogens is 1. The maximum atomic E-state index is 10.8. The number of ether oxygens (including phenoxy) is 2. The van der Waals surface area contributed by atoms with Gasteiger partial charge in [-0.25, -0.2) is 0 Å². The van der Waals surface area contributed by atoms with Crippen LogP contribution in [0.25, 0.3) is 10.9 Å². The zero-order valence-corrected chi connectivity index (χ0v) is 10.3. The maximum Gasteiger partial charge on any atom is 0.255 e. The van der Waals surface area contributed by atoms with Gasteiger partial charge in [-0.15, -0.1) is 0 Å². The molecule has 0 aliphatic heterocycles. The van der Waals surface area contributed by atoms with E-state index in [1.54, 1.807) is 13.2 Å². The molecule has 1 aromatic heterocycles. The number of aryl methyl sites for hydroxylation is 1. The zero-order valence-electron chi connectivity index (χ0n) is 10.3. The number of pyridine rings is 1. The van der Waals surface area contributed by atoms with Crippen LogP contribution in [0.1, 0.15) is 5.69 Å². The number of carbonyl (C=O) groups is 1. The first-order chi connectivity index (χ1) is 8.60. The number of rotatable bonds is 4. The van der Waals surface area contributed by atoms with Gasteiger partial charge in [0.1, 0.15) is 11.5 Å². The van der Waals surface area contributed by atoms with Gasteiger partial charge in [-0.05, 0) is 25.1 Å². The van der Waals surface area contributed by atoms with Crippen LogP contribution in [0, 0.1) is 6.92 Å². The summed E-state index contributed by atoms with van der Waals surface area (Å²) < 4.78 is 10.5. The molecule has 0 saturated heterocycles. The summed E-state index contributed by atoms with van der Waals surface area (Å²) in [6.07, 6.45) is 0.